The van der Waals surface area contributed by atoms with E-state index in [1.165, 1.54) is 50.5 Å². The van der Waals surface area contributed by atoms with E-state index >= 15 is 0 Å². The lowest BCUT2D eigenvalue weighted by Gasteiger charge is -2.10. The van der Waals surface area contributed by atoms with Crippen LogP contribution in [0.1, 0.15) is 161 Å². The summed E-state index contributed by atoms with van der Waals surface area (Å²) >= 11 is 0. The van der Waals surface area contributed by atoms with Crippen LogP contribution in [0.15, 0.2) is 42.9 Å². The van der Waals surface area contributed by atoms with E-state index in [2.05, 4.69) is 147 Å². The lowest BCUT2D eigenvalue weighted by atomic mass is 10.0. The topological polar surface area (TPSA) is 64.5 Å². The summed E-state index contributed by atoms with van der Waals surface area (Å²) in [6.45, 7) is 37.9. The molecular weight excluding hydrogens is 562 g/mol. The van der Waals surface area contributed by atoms with Crippen molar-refractivity contribution in [3.8, 4) is 0 Å². The Bertz CT molecular complexity index is 1450. The highest BCUT2D eigenvalue weighted by Crippen LogP contribution is 2.19. The molecule has 5 nitrogen and oxygen atoms in total. The van der Waals surface area contributed by atoms with E-state index in [1.54, 1.807) is 0 Å². The van der Waals surface area contributed by atoms with Gasteiger partial charge in [0.2, 0.25) is 0 Å². The third kappa shape index (κ3) is 14.7. The average Bonchev–Trinajstić information content (AvgIpc) is 2.98. The second-order valence-electron chi connectivity index (χ2n) is 13.1. The molecule has 0 radical (unpaired) electrons. The second kappa shape index (κ2) is 21.3. The van der Waals surface area contributed by atoms with Gasteiger partial charge < -0.3 is 0 Å². The van der Waals surface area contributed by atoms with Gasteiger partial charge in [0, 0.05) is 47.1 Å². The number of rotatable bonds is 4. The second-order valence-corrected chi connectivity index (χ2v) is 13.1. The zero-order valence-electron chi connectivity index (χ0n) is 32.6. The van der Waals surface area contributed by atoms with Crippen molar-refractivity contribution in [1.29, 1.82) is 0 Å². The molecule has 0 aliphatic carbocycles. The third-order valence-electron chi connectivity index (χ3n) is 7.32. The number of pyridine rings is 3. The van der Waals surface area contributed by atoms with Crippen LogP contribution < -0.4 is 0 Å². The molecule has 0 saturated heterocycles. The molecule has 4 rings (SSSR count). The van der Waals surface area contributed by atoms with Crippen molar-refractivity contribution in [3.63, 3.8) is 0 Å². The summed E-state index contributed by atoms with van der Waals surface area (Å²) in [4.78, 5) is 21.7. The summed E-state index contributed by atoms with van der Waals surface area (Å²) in [5.74, 6) is 2.97. The van der Waals surface area contributed by atoms with Crippen molar-refractivity contribution in [2.45, 2.75) is 148 Å². The Labute approximate surface area is 283 Å². The monoisotopic (exact) mass is 628 g/mol. The molecule has 0 saturated carbocycles. The summed E-state index contributed by atoms with van der Waals surface area (Å²) in [6.07, 6.45) is 5.67. The third-order valence-corrected chi connectivity index (χ3v) is 7.32. The quantitative estimate of drug-likeness (QED) is 0.225. The molecule has 46 heavy (non-hydrogen) atoms. The fraction of sp³-hybridized carbons (Fsp3) is 0.537. The molecule has 5 heteroatoms. The van der Waals surface area contributed by atoms with Crippen LogP contribution in [0, 0.1) is 55.4 Å². The Balaban J connectivity index is 0.000000577. The molecule has 0 spiro atoms. The molecule has 4 aromatic rings. The van der Waals surface area contributed by atoms with Gasteiger partial charge in [0.15, 0.2) is 0 Å². The zero-order chi connectivity index (χ0) is 35.7. The van der Waals surface area contributed by atoms with Crippen LogP contribution in [0.4, 0.5) is 0 Å². The minimum Gasteiger partial charge on any atom is -0.261 e. The molecule has 0 N–H and O–H groups in total. The smallest absolute Gasteiger partial charge is 0.125 e. The summed E-state index contributed by atoms with van der Waals surface area (Å²) in [5, 5.41) is 0. The van der Waals surface area contributed by atoms with Gasteiger partial charge in [-0.1, -0.05) is 87.4 Å². The highest BCUT2D eigenvalue weighted by molar-refractivity contribution is 5.30. The maximum Gasteiger partial charge on any atom is 0.125 e. The SMILES string of the molecule is CC.Cc1cc(C)c(C(C)C)nc1C.Cc1cccnc1C(C)C.Cc1cnc(C(C)C)c(C)c1.Cc1ncc(C)c(C(C)C)n1. The summed E-state index contributed by atoms with van der Waals surface area (Å²) < 4.78 is 0. The fourth-order valence-corrected chi connectivity index (χ4v) is 5.01. The maximum absolute atomic E-state index is 4.57. The van der Waals surface area contributed by atoms with E-state index in [9.17, 15) is 0 Å². The number of aryl methyl sites for hydroxylation is 8. The number of nitrogens with zero attached hydrogens (tertiary/aromatic N) is 5. The molecule has 0 atom stereocenters. The number of hydrogen-bond donors (Lipinski definition) is 0. The van der Waals surface area contributed by atoms with Crippen molar-refractivity contribution in [3.05, 3.63) is 111 Å². The average molecular weight is 628 g/mol. The molecule has 0 aliphatic rings. The molecule has 0 amide bonds. The predicted octanol–water partition coefficient (Wildman–Crippen LogP) is 11.7. The van der Waals surface area contributed by atoms with E-state index in [0.717, 1.165) is 17.2 Å². The molecular formula is C41H65N5. The maximum atomic E-state index is 4.57. The van der Waals surface area contributed by atoms with E-state index in [1.807, 2.05) is 45.4 Å². The van der Waals surface area contributed by atoms with Gasteiger partial charge in [-0.2, -0.15) is 0 Å². The van der Waals surface area contributed by atoms with Crippen LogP contribution in [0.3, 0.4) is 0 Å². The minimum atomic E-state index is 0.497. The van der Waals surface area contributed by atoms with Gasteiger partial charge in [0.1, 0.15) is 5.82 Å². The van der Waals surface area contributed by atoms with Gasteiger partial charge in [0.25, 0.3) is 0 Å². The predicted molar refractivity (Wildman–Crippen MR) is 200 cm³/mol. The zero-order valence-corrected chi connectivity index (χ0v) is 32.6. The lowest BCUT2D eigenvalue weighted by molar-refractivity contribution is 0.789. The summed E-state index contributed by atoms with van der Waals surface area (Å²) in [7, 11) is 0. The molecule has 254 valence electrons. The van der Waals surface area contributed by atoms with Gasteiger partial charge >= 0.3 is 0 Å². The molecule has 0 aromatic carbocycles. The van der Waals surface area contributed by atoms with E-state index in [-0.39, 0.29) is 0 Å². The molecule has 4 heterocycles. The first kappa shape index (κ1) is 42.5. The molecule has 0 bridgehead atoms. The van der Waals surface area contributed by atoms with Crippen molar-refractivity contribution >= 4 is 0 Å². The van der Waals surface area contributed by atoms with Crippen LogP contribution in [0.5, 0.6) is 0 Å². The Morgan fingerprint density at radius 3 is 1.37 bits per heavy atom. The van der Waals surface area contributed by atoms with Crippen molar-refractivity contribution < 1.29 is 0 Å². The number of hydrogen-bond acceptors (Lipinski definition) is 5. The van der Waals surface area contributed by atoms with Gasteiger partial charge in [-0.05, 0) is 119 Å². The Kier molecular flexibility index (Phi) is 19.7. The van der Waals surface area contributed by atoms with E-state index in [4.69, 9.17) is 0 Å². The highest BCUT2D eigenvalue weighted by Gasteiger charge is 2.07. The molecule has 0 fully saturated rings. The molecule has 4 aromatic heterocycles. The van der Waals surface area contributed by atoms with Crippen LogP contribution in [0.25, 0.3) is 0 Å². The Hall–Kier alpha value is -3.47. The van der Waals surface area contributed by atoms with Gasteiger partial charge in [-0.25, -0.2) is 9.97 Å². The van der Waals surface area contributed by atoms with Crippen molar-refractivity contribution in [2.24, 2.45) is 0 Å². The van der Waals surface area contributed by atoms with Crippen molar-refractivity contribution in [2.75, 3.05) is 0 Å². The normalized spacial score (nSPS) is 10.3. The van der Waals surface area contributed by atoms with Crippen molar-refractivity contribution in [1.82, 2.24) is 24.9 Å². The fourth-order valence-electron chi connectivity index (χ4n) is 5.01. The largest absolute Gasteiger partial charge is 0.261 e. The first-order valence-electron chi connectivity index (χ1n) is 17.1. The standard InChI is InChI=1S/C11H17N.C10H15N.C9H14N2.C9H13N.C2H6/c1-7(2)11-9(4)6-8(3)10(5)12-11;1-7(2)10-9(4)5-8(3)6-11-10;1-6(2)9-7(3)5-10-8(4)11-9;1-7(2)9-8(3)5-4-6-10-9;1-2/h6-7H,1-5H3;5-7H,1-4H3;5-6H,1-4H3;4-7H,1-3H3;1-2H3. The van der Waals surface area contributed by atoms with Crippen LogP contribution in [-0.4, -0.2) is 24.9 Å². The van der Waals surface area contributed by atoms with Crippen LogP contribution in [-0.2, 0) is 0 Å². The highest BCUT2D eigenvalue weighted by atomic mass is 14.9. The molecule has 0 unspecified atom stereocenters. The van der Waals surface area contributed by atoms with Crippen LogP contribution >= 0.6 is 0 Å². The van der Waals surface area contributed by atoms with Gasteiger partial charge in [0.05, 0.1) is 0 Å². The Morgan fingerprint density at radius 2 is 0.935 bits per heavy atom. The summed E-state index contributed by atoms with van der Waals surface area (Å²) in [6, 6.07) is 8.48. The number of aromatic nitrogens is 5. The Morgan fingerprint density at radius 1 is 0.457 bits per heavy atom. The lowest BCUT2D eigenvalue weighted by Crippen LogP contribution is -2.00. The van der Waals surface area contributed by atoms with Gasteiger partial charge in [-0.15, -0.1) is 0 Å². The van der Waals surface area contributed by atoms with Gasteiger partial charge in [-0.3, -0.25) is 15.0 Å². The van der Waals surface area contributed by atoms with E-state index in [0.29, 0.717) is 23.7 Å². The minimum absolute atomic E-state index is 0.497. The van der Waals surface area contributed by atoms with E-state index < -0.39 is 0 Å². The van der Waals surface area contributed by atoms with Crippen LogP contribution in [0.2, 0.25) is 0 Å². The summed E-state index contributed by atoms with van der Waals surface area (Å²) in [5.41, 5.74) is 13.6. The first-order valence-corrected chi connectivity index (χ1v) is 17.1. The first-order chi connectivity index (χ1) is 21.5. The molecule has 0 aliphatic heterocycles.